The Kier molecular flexibility index (Phi) is 4.26. The molecule has 0 saturated carbocycles. The monoisotopic (exact) mass is 295 g/mol. The first-order chi connectivity index (χ1) is 9.63. The van der Waals surface area contributed by atoms with Crippen LogP contribution < -0.4 is 5.32 Å². The number of thioether (sulfide) groups is 1. The number of rotatable bonds is 4. The minimum atomic E-state index is 0.351. The highest BCUT2D eigenvalue weighted by atomic mass is 32.2. The Hall–Kier alpha value is -0.680. The van der Waals surface area contributed by atoms with E-state index in [0.717, 1.165) is 25.3 Å². The lowest BCUT2D eigenvalue weighted by molar-refractivity contribution is 0.0940. The summed E-state index contributed by atoms with van der Waals surface area (Å²) in [5.74, 6) is 2.47. The predicted octanol–water partition coefficient (Wildman–Crippen LogP) is 3.01. The molecule has 112 valence electrons. The largest absolute Gasteiger partial charge is 0.378 e. The maximum absolute atomic E-state index is 5.66. The number of hydrogen-bond acceptors (Lipinski definition) is 4. The number of aromatic nitrogens is 2. The molecule has 2 saturated heterocycles. The van der Waals surface area contributed by atoms with Crippen molar-refractivity contribution < 1.29 is 4.74 Å². The van der Waals surface area contributed by atoms with Gasteiger partial charge in [0.25, 0.3) is 0 Å². The van der Waals surface area contributed by atoms with Gasteiger partial charge in [-0.25, -0.2) is 0 Å². The van der Waals surface area contributed by atoms with Crippen LogP contribution >= 0.6 is 11.8 Å². The third-order valence-electron chi connectivity index (χ3n) is 4.51. The fraction of sp³-hybridized carbons (Fsp3) is 0.800. The summed E-state index contributed by atoms with van der Waals surface area (Å²) in [6, 6.07) is 0.529. The molecular formula is C15H25N3OS. The highest BCUT2D eigenvalue weighted by Gasteiger charge is 2.32. The smallest absolute Gasteiger partial charge is 0.0771 e. The average Bonchev–Trinajstić information content (AvgIpc) is 3.05. The molecule has 0 aliphatic carbocycles. The van der Waals surface area contributed by atoms with Crippen LogP contribution in [0.5, 0.6) is 0 Å². The van der Waals surface area contributed by atoms with E-state index in [4.69, 9.17) is 4.74 Å². The van der Waals surface area contributed by atoms with E-state index in [1.807, 2.05) is 22.6 Å². The number of nitrogens with zero attached hydrogens (tertiary/aromatic N) is 2. The van der Waals surface area contributed by atoms with Crippen molar-refractivity contribution in [1.82, 2.24) is 9.78 Å². The standard InChI is InChI=1S/C15H25N3OS/c1-15(2)5-7-20-11-14(15)17-12-8-16-18(9-12)10-13-4-3-6-19-13/h8-9,13-14,17H,3-7,10-11H2,1-2H3. The molecule has 5 heteroatoms. The van der Waals surface area contributed by atoms with E-state index in [1.165, 1.54) is 24.3 Å². The SMILES string of the molecule is CC1(C)CCSCC1Nc1cnn(CC2CCCO2)c1. The molecule has 3 rings (SSSR count). The summed E-state index contributed by atoms with van der Waals surface area (Å²) >= 11 is 2.05. The highest BCUT2D eigenvalue weighted by Crippen LogP contribution is 2.35. The molecule has 2 atom stereocenters. The van der Waals surface area contributed by atoms with Gasteiger partial charge in [-0.3, -0.25) is 4.68 Å². The van der Waals surface area contributed by atoms with Gasteiger partial charge in [-0.2, -0.15) is 16.9 Å². The molecule has 0 radical (unpaired) electrons. The summed E-state index contributed by atoms with van der Waals surface area (Å²) in [7, 11) is 0. The number of nitrogens with one attached hydrogen (secondary N) is 1. The number of ether oxygens (including phenoxy) is 1. The lowest BCUT2D eigenvalue weighted by Gasteiger charge is -2.38. The van der Waals surface area contributed by atoms with Crippen molar-refractivity contribution in [2.45, 2.75) is 51.8 Å². The van der Waals surface area contributed by atoms with Gasteiger partial charge < -0.3 is 10.1 Å². The van der Waals surface area contributed by atoms with E-state index in [1.54, 1.807) is 0 Å². The van der Waals surface area contributed by atoms with Crippen molar-refractivity contribution in [3.63, 3.8) is 0 Å². The Labute approximate surface area is 125 Å². The second-order valence-electron chi connectivity index (χ2n) is 6.60. The lowest BCUT2D eigenvalue weighted by atomic mass is 9.82. The van der Waals surface area contributed by atoms with Gasteiger partial charge >= 0.3 is 0 Å². The number of hydrogen-bond donors (Lipinski definition) is 1. The van der Waals surface area contributed by atoms with Crippen LogP contribution in [0.3, 0.4) is 0 Å². The third-order valence-corrected chi connectivity index (χ3v) is 5.57. The van der Waals surface area contributed by atoms with Crippen LogP contribution in [-0.2, 0) is 11.3 Å². The van der Waals surface area contributed by atoms with Gasteiger partial charge in [0.05, 0.1) is 24.5 Å². The Bertz CT molecular complexity index is 440. The maximum Gasteiger partial charge on any atom is 0.0771 e. The average molecular weight is 295 g/mol. The molecule has 0 bridgehead atoms. The fourth-order valence-corrected chi connectivity index (χ4v) is 4.52. The zero-order valence-corrected chi connectivity index (χ0v) is 13.3. The molecular weight excluding hydrogens is 270 g/mol. The van der Waals surface area contributed by atoms with Crippen molar-refractivity contribution in [2.24, 2.45) is 5.41 Å². The van der Waals surface area contributed by atoms with Crippen LogP contribution in [0.1, 0.15) is 33.1 Å². The normalized spacial score (nSPS) is 29.5. The molecule has 0 aromatic carbocycles. The predicted molar refractivity (Wildman–Crippen MR) is 84.3 cm³/mol. The molecule has 2 aliphatic heterocycles. The fourth-order valence-electron chi connectivity index (χ4n) is 2.91. The van der Waals surface area contributed by atoms with Crippen molar-refractivity contribution in [3.8, 4) is 0 Å². The lowest BCUT2D eigenvalue weighted by Crippen LogP contribution is -2.41. The zero-order chi connectivity index (χ0) is 14.0. The van der Waals surface area contributed by atoms with Crippen LogP contribution in [-0.4, -0.2) is 40.0 Å². The van der Waals surface area contributed by atoms with Gasteiger partial charge in [-0.05, 0) is 30.4 Å². The summed E-state index contributed by atoms with van der Waals surface area (Å²) in [5, 5.41) is 8.13. The molecule has 0 amide bonds. The van der Waals surface area contributed by atoms with E-state index >= 15 is 0 Å². The van der Waals surface area contributed by atoms with Gasteiger partial charge in [0.15, 0.2) is 0 Å². The summed E-state index contributed by atoms with van der Waals surface area (Å²) < 4.78 is 7.68. The molecule has 1 N–H and O–H groups in total. The van der Waals surface area contributed by atoms with Gasteiger partial charge in [-0.1, -0.05) is 13.8 Å². The minimum Gasteiger partial charge on any atom is -0.378 e. The van der Waals surface area contributed by atoms with Crippen LogP contribution in [0.4, 0.5) is 5.69 Å². The van der Waals surface area contributed by atoms with Crippen molar-refractivity contribution in [3.05, 3.63) is 12.4 Å². The molecule has 20 heavy (non-hydrogen) atoms. The summed E-state index contributed by atoms with van der Waals surface area (Å²) in [6.45, 7) is 6.51. The second-order valence-corrected chi connectivity index (χ2v) is 7.75. The van der Waals surface area contributed by atoms with E-state index in [-0.39, 0.29) is 0 Å². The summed E-state index contributed by atoms with van der Waals surface area (Å²) in [6.07, 6.45) is 8.05. The molecule has 3 heterocycles. The van der Waals surface area contributed by atoms with Gasteiger partial charge in [0.1, 0.15) is 0 Å². The van der Waals surface area contributed by atoms with Gasteiger partial charge in [-0.15, -0.1) is 0 Å². The Morgan fingerprint density at radius 1 is 1.55 bits per heavy atom. The first-order valence-corrected chi connectivity index (χ1v) is 8.77. The quantitative estimate of drug-likeness (QED) is 0.927. The Morgan fingerprint density at radius 2 is 2.45 bits per heavy atom. The van der Waals surface area contributed by atoms with E-state index in [0.29, 0.717) is 17.6 Å². The molecule has 1 aromatic heterocycles. The summed E-state index contributed by atoms with van der Waals surface area (Å²) in [4.78, 5) is 0. The highest BCUT2D eigenvalue weighted by molar-refractivity contribution is 7.99. The van der Waals surface area contributed by atoms with Crippen molar-refractivity contribution in [2.75, 3.05) is 23.4 Å². The van der Waals surface area contributed by atoms with E-state index in [9.17, 15) is 0 Å². The van der Waals surface area contributed by atoms with Gasteiger partial charge in [0, 0.05) is 24.6 Å². The Balaban J connectivity index is 1.58. The van der Waals surface area contributed by atoms with Gasteiger partial charge in [0.2, 0.25) is 0 Å². The van der Waals surface area contributed by atoms with E-state index < -0.39 is 0 Å². The molecule has 2 unspecified atom stereocenters. The topological polar surface area (TPSA) is 39.1 Å². The first-order valence-electron chi connectivity index (χ1n) is 7.62. The minimum absolute atomic E-state index is 0.351. The Morgan fingerprint density at radius 3 is 3.20 bits per heavy atom. The van der Waals surface area contributed by atoms with Crippen LogP contribution in [0.25, 0.3) is 0 Å². The zero-order valence-electron chi connectivity index (χ0n) is 12.5. The molecule has 0 spiro atoms. The van der Waals surface area contributed by atoms with E-state index in [2.05, 4.69) is 30.5 Å². The number of anilines is 1. The van der Waals surface area contributed by atoms with Crippen LogP contribution in [0, 0.1) is 5.41 Å². The van der Waals surface area contributed by atoms with Crippen LogP contribution in [0.2, 0.25) is 0 Å². The third kappa shape index (κ3) is 3.31. The molecule has 1 aromatic rings. The van der Waals surface area contributed by atoms with Crippen molar-refractivity contribution >= 4 is 17.4 Å². The molecule has 4 nitrogen and oxygen atoms in total. The first kappa shape index (κ1) is 14.3. The summed E-state index contributed by atoms with van der Waals surface area (Å²) in [5.41, 5.74) is 1.51. The van der Waals surface area contributed by atoms with Crippen molar-refractivity contribution in [1.29, 1.82) is 0 Å². The maximum atomic E-state index is 5.66. The molecule has 2 aliphatic rings. The molecule has 2 fully saturated rings. The van der Waals surface area contributed by atoms with Crippen LogP contribution in [0.15, 0.2) is 12.4 Å². The second kappa shape index (κ2) is 5.98.